The number of nitrogens with zero attached hydrogens (tertiary/aromatic N) is 1. The SMILES string of the molecule is CSC(C)CCNc1cccc(C#N)c1N. The van der Waals surface area contributed by atoms with E-state index < -0.39 is 0 Å². The van der Waals surface area contributed by atoms with Crippen LogP contribution in [0.2, 0.25) is 0 Å². The molecule has 1 aromatic rings. The predicted molar refractivity (Wildman–Crippen MR) is 71.7 cm³/mol. The molecule has 0 fully saturated rings. The van der Waals surface area contributed by atoms with Crippen molar-refractivity contribution < 1.29 is 0 Å². The fourth-order valence-electron chi connectivity index (χ4n) is 1.34. The number of hydrogen-bond acceptors (Lipinski definition) is 4. The van der Waals surface area contributed by atoms with E-state index in [2.05, 4.69) is 24.6 Å². The van der Waals surface area contributed by atoms with Gasteiger partial charge in [-0.2, -0.15) is 17.0 Å². The van der Waals surface area contributed by atoms with Gasteiger partial charge < -0.3 is 11.1 Å². The monoisotopic (exact) mass is 235 g/mol. The summed E-state index contributed by atoms with van der Waals surface area (Å²) in [5, 5.41) is 12.7. The Morgan fingerprint density at radius 2 is 2.31 bits per heavy atom. The fourth-order valence-corrected chi connectivity index (χ4v) is 1.70. The topological polar surface area (TPSA) is 61.8 Å². The summed E-state index contributed by atoms with van der Waals surface area (Å²) >= 11 is 1.85. The Bertz CT molecular complexity index is 384. The van der Waals surface area contributed by atoms with E-state index >= 15 is 0 Å². The molecular formula is C12H17N3S. The molecule has 0 aliphatic heterocycles. The van der Waals surface area contributed by atoms with E-state index in [9.17, 15) is 0 Å². The minimum Gasteiger partial charge on any atom is -0.396 e. The molecule has 16 heavy (non-hydrogen) atoms. The molecule has 1 unspecified atom stereocenters. The van der Waals surface area contributed by atoms with E-state index in [1.807, 2.05) is 23.9 Å². The summed E-state index contributed by atoms with van der Waals surface area (Å²) in [6, 6.07) is 7.55. The zero-order valence-corrected chi connectivity index (χ0v) is 10.5. The summed E-state index contributed by atoms with van der Waals surface area (Å²) in [6.07, 6.45) is 3.19. The number of nitriles is 1. The smallest absolute Gasteiger partial charge is 0.101 e. The minimum absolute atomic E-state index is 0.530. The highest BCUT2D eigenvalue weighted by atomic mass is 32.2. The van der Waals surface area contributed by atoms with Crippen LogP contribution in [0.25, 0.3) is 0 Å². The van der Waals surface area contributed by atoms with Crippen LogP contribution in [0.3, 0.4) is 0 Å². The second kappa shape index (κ2) is 6.29. The quantitative estimate of drug-likeness (QED) is 0.770. The van der Waals surface area contributed by atoms with Crippen LogP contribution in [0.15, 0.2) is 18.2 Å². The average molecular weight is 235 g/mol. The number of nitrogens with two attached hydrogens (primary N) is 1. The maximum Gasteiger partial charge on any atom is 0.101 e. The van der Waals surface area contributed by atoms with E-state index in [0.29, 0.717) is 16.5 Å². The summed E-state index contributed by atoms with van der Waals surface area (Å²) in [5.41, 5.74) is 7.78. The first-order chi connectivity index (χ1) is 7.69. The molecule has 0 radical (unpaired) electrons. The van der Waals surface area contributed by atoms with Crippen LogP contribution in [0.4, 0.5) is 11.4 Å². The molecule has 0 spiro atoms. The molecule has 86 valence electrons. The van der Waals surface area contributed by atoms with Crippen molar-refractivity contribution in [3.05, 3.63) is 23.8 Å². The number of anilines is 2. The number of nitrogen functional groups attached to an aromatic ring is 1. The highest BCUT2D eigenvalue weighted by Crippen LogP contribution is 2.22. The zero-order valence-electron chi connectivity index (χ0n) is 9.66. The third kappa shape index (κ3) is 3.35. The van der Waals surface area contributed by atoms with E-state index in [0.717, 1.165) is 18.7 Å². The van der Waals surface area contributed by atoms with Crippen molar-refractivity contribution in [2.24, 2.45) is 0 Å². The van der Waals surface area contributed by atoms with Gasteiger partial charge in [0.25, 0.3) is 0 Å². The second-order valence-corrected chi connectivity index (χ2v) is 4.92. The summed E-state index contributed by atoms with van der Waals surface area (Å²) < 4.78 is 0. The molecule has 0 aliphatic carbocycles. The van der Waals surface area contributed by atoms with E-state index in [4.69, 9.17) is 11.0 Å². The van der Waals surface area contributed by atoms with Crippen molar-refractivity contribution in [1.29, 1.82) is 5.26 Å². The summed E-state index contributed by atoms with van der Waals surface area (Å²) in [6.45, 7) is 3.07. The Morgan fingerprint density at radius 1 is 1.56 bits per heavy atom. The molecule has 0 amide bonds. The van der Waals surface area contributed by atoms with Crippen LogP contribution >= 0.6 is 11.8 Å². The Morgan fingerprint density at radius 3 is 2.94 bits per heavy atom. The van der Waals surface area contributed by atoms with Gasteiger partial charge in [0.15, 0.2) is 0 Å². The highest BCUT2D eigenvalue weighted by Gasteiger charge is 2.04. The zero-order chi connectivity index (χ0) is 12.0. The molecule has 0 aliphatic rings. The Labute approximate surface area is 101 Å². The number of benzene rings is 1. The van der Waals surface area contributed by atoms with E-state index in [-0.39, 0.29) is 0 Å². The van der Waals surface area contributed by atoms with Gasteiger partial charge in [-0.15, -0.1) is 0 Å². The van der Waals surface area contributed by atoms with Gasteiger partial charge >= 0.3 is 0 Å². The maximum atomic E-state index is 8.83. The summed E-state index contributed by atoms with van der Waals surface area (Å²) in [5.74, 6) is 0. The standard InChI is InChI=1S/C12H17N3S/c1-9(16-2)6-7-15-11-5-3-4-10(8-13)12(11)14/h3-5,9,15H,6-7,14H2,1-2H3. The lowest BCUT2D eigenvalue weighted by Crippen LogP contribution is -2.09. The molecule has 0 saturated heterocycles. The van der Waals surface area contributed by atoms with Gasteiger partial charge in [0.1, 0.15) is 6.07 Å². The normalized spacial score (nSPS) is 11.8. The largest absolute Gasteiger partial charge is 0.396 e. The third-order valence-corrected chi connectivity index (χ3v) is 3.54. The van der Waals surface area contributed by atoms with Gasteiger partial charge in [0, 0.05) is 11.8 Å². The molecule has 0 saturated carbocycles. The molecule has 3 nitrogen and oxygen atoms in total. The molecule has 3 N–H and O–H groups in total. The third-order valence-electron chi connectivity index (χ3n) is 2.50. The number of rotatable bonds is 5. The van der Waals surface area contributed by atoms with Gasteiger partial charge in [-0.25, -0.2) is 0 Å². The van der Waals surface area contributed by atoms with Crippen molar-refractivity contribution in [1.82, 2.24) is 0 Å². The van der Waals surface area contributed by atoms with Crippen LogP contribution in [0.1, 0.15) is 18.9 Å². The predicted octanol–water partition coefficient (Wildman–Crippen LogP) is 2.69. The lowest BCUT2D eigenvalue weighted by Gasteiger charge is -2.12. The van der Waals surface area contributed by atoms with Crippen LogP contribution in [0, 0.1) is 11.3 Å². The maximum absolute atomic E-state index is 8.83. The highest BCUT2D eigenvalue weighted by molar-refractivity contribution is 7.99. The van der Waals surface area contributed by atoms with Crippen molar-refractivity contribution >= 4 is 23.1 Å². The van der Waals surface area contributed by atoms with Gasteiger partial charge in [-0.05, 0) is 24.8 Å². The van der Waals surface area contributed by atoms with Gasteiger partial charge in [0.2, 0.25) is 0 Å². The summed E-state index contributed by atoms with van der Waals surface area (Å²) in [7, 11) is 0. The van der Waals surface area contributed by atoms with Crippen molar-refractivity contribution in [2.45, 2.75) is 18.6 Å². The van der Waals surface area contributed by atoms with E-state index in [1.54, 1.807) is 6.07 Å². The molecule has 0 bridgehead atoms. The fraction of sp³-hybridized carbons (Fsp3) is 0.417. The second-order valence-electron chi connectivity index (χ2n) is 3.64. The molecule has 4 heteroatoms. The van der Waals surface area contributed by atoms with Crippen molar-refractivity contribution in [3.63, 3.8) is 0 Å². The van der Waals surface area contributed by atoms with Crippen LogP contribution in [0.5, 0.6) is 0 Å². The Kier molecular flexibility index (Phi) is 5.00. The lowest BCUT2D eigenvalue weighted by atomic mass is 10.1. The van der Waals surface area contributed by atoms with Crippen molar-refractivity contribution in [2.75, 3.05) is 23.9 Å². The molecular weight excluding hydrogens is 218 g/mol. The van der Waals surface area contributed by atoms with E-state index in [1.165, 1.54) is 0 Å². The van der Waals surface area contributed by atoms with Gasteiger partial charge in [0.05, 0.1) is 16.9 Å². The molecule has 1 atom stereocenters. The summed E-state index contributed by atoms with van der Waals surface area (Å²) in [4.78, 5) is 0. The van der Waals surface area contributed by atoms with Crippen LogP contribution in [-0.4, -0.2) is 18.1 Å². The average Bonchev–Trinajstić information content (AvgIpc) is 2.31. The van der Waals surface area contributed by atoms with Crippen LogP contribution in [-0.2, 0) is 0 Å². The first kappa shape index (κ1) is 12.7. The minimum atomic E-state index is 0.530. The number of nitrogens with one attached hydrogen (secondary N) is 1. The van der Waals surface area contributed by atoms with Gasteiger partial charge in [-0.3, -0.25) is 0 Å². The molecule has 1 rings (SSSR count). The Balaban J connectivity index is 2.58. The van der Waals surface area contributed by atoms with Gasteiger partial charge in [-0.1, -0.05) is 13.0 Å². The van der Waals surface area contributed by atoms with Crippen LogP contribution < -0.4 is 11.1 Å². The Hall–Kier alpha value is -1.34. The molecule has 0 heterocycles. The number of para-hydroxylation sites is 1. The number of thioether (sulfide) groups is 1. The lowest BCUT2D eigenvalue weighted by molar-refractivity contribution is 0.854. The molecule has 0 aromatic heterocycles. The molecule has 1 aromatic carbocycles. The first-order valence-corrected chi connectivity index (χ1v) is 6.53. The number of hydrogen-bond donors (Lipinski definition) is 2. The van der Waals surface area contributed by atoms with Crippen molar-refractivity contribution in [3.8, 4) is 6.07 Å². The first-order valence-electron chi connectivity index (χ1n) is 5.24.